The summed E-state index contributed by atoms with van der Waals surface area (Å²) in [5.41, 5.74) is -1.03. The zero-order chi connectivity index (χ0) is 18.5. The molecule has 2 rings (SSSR count). The third-order valence-corrected chi connectivity index (χ3v) is 4.58. The second-order valence-corrected chi connectivity index (χ2v) is 7.84. The minimum Gasteiger partial charge on any atom is -0.444 e. The summed E-state index contributed by atoms with van der Waals surface area (Å²) >= 11 is 0. The van der Waals surface area contributed by atoms with Gasteiger partial charge in [-0.15, -0.1) is 0 Å². The van der Waals surface area contributed by atoms with E-state index in [9.17, 15) is 9.59 Å². The molecular weight excluding hydrogens is 318 g/mol. The lowest BCUT2D eigenvalue weighted by Crippen LogP contribution is -2.39. The molecule has 0 N–H and O–H groups in total. The normalized spacial score (nSPS) is 16.3. The molecule has 0 heterocycles. The van der Waals surface area contributed by atoms with Gasteiger partial charge in [-0.05, 0) is 52.2 Å². The number of ether oxygens (including phenoxy) is 2. The maximum absolute atomic E-state index is 12.8. The van der Waals surface area contributed by atoms with Crippen LogP contribution in [0, 0.1) is 5.41 Å². The van der Waals surface area contributed by atoms with E-state index in [1.165, 1.54) is 0 Å². The maximum atomic E-state index is 12.8. The van der Waals surface area contributed by atoms with Crippen molar-refractivity contribution in [2.45, 2.75) is 58.5 Å². The van der Waals surface area contributed by atoms with Crippen LogP contribution in [0.25, 0.3) is 0 Å². The number of amides is 1. The summed E-state index contributed by atoms with van der Waals surface area (Å²) in [6.07, 6.45) is 3.87. The van der Waals surface area contributed by atoms with Gasteiger partial charge < -0.3 is 14.4 Å². The van der Waals surface area contributed by atoms with Gasteiger partial charge in [-0.1, -0.05) is 31.0 Å². The Bertz CT molecular complexity index is 585. The summed E-state index contributed by atoms with van der Waals surface area (Å²) in [4.78, 5) is 26.4. The van der Waals surface area contributed by atoms with E-state index in [0.717, 1.165) is 25.7 Å². The third kappa shape index (κ3) is 5.48. The Hall–Kier alpha value is -2.04. The Labute approximate surface area is 150 Å². The molecule has 0 radical (unpaired) electrons. The van der Waals surface area contributed by atoms with Gasteiger partial charge in [0, 0.05) is 13.6 Å². The van der Waals surface area contributed by atoms with Gasteiger partial charge in [0.25, 0.3) is 0 Å². The smallest absolute Gasteiger partial charge is 0.410 e. The van der Waals surface area contributed by atoms with Crippen LogP contribution in [0.5, 0.6) is 5.75 Å². The monoisotopic (exact) mass is 347 g/mol. The number of esters is 1. The number of nitrogens with zero attached hydrogens (tertiary/aromatic N) is 1. The molecular formula is C20H29NO4. The van der Waals surface area contributed by atoms with Gasteiger partial charge in [-0.3, -0.25) is 4.79 Å². The molecule has 1 fully saturated rings. The zero-order valence-corrected chi connectivity index (χ0v) is 15.7. The van der Waals surface area contributed by atoms with Crippen molar-refractivity contribution in [3.8, 4) is 5.75 Å². The average Bonchev–Trinajstić information content (AvgIpc) is 3.02. The Balaban J connectivity index is 1.97. The van der Waals surface area contributed by atoms with E-state index >= 15 is 0 Å². The van der Waals surface area contributed by atoms with E-state index in [0.29, 0.717) is 18.7 Å². The summed E-state index contributed by atoms with van der Waals surface area (Å²) in [6, 6.07) is 9.15. The second kappa shape index (κ2) is 7.89. The minimum atomic E-state index is -0.525. The van der Waals surface area contributed by atoms with Crippen LogP contribution in [0.15, 0.2) is 30.3 Å². The molecule has 1 aliphatic carbocycles. The first-order valence-electron chi connectivity index (χ1n) is 8.93. The molecule has 0 unspecified atom stereocenters. The standard InChI is InChI=1S/C20H29NO4/c1-19(2,3)25-18(23)21(4)15-14-20(12-8-9-13-20)17(22)24-16-10-6-5-7-11-16/h5-7,10-11H,8-9,12-15H2,1-4H3. The summed E-state index contributed by atoms with van der Waals surface area (Å²) in [5, 5.41) is 0. The summed E-state index contributed by atoms with van der Waals surface area (Å²) < 4.78 is 11.0. The molecule has 0 spiro atoms. The molecule has 0 atom stereocenters. The summed E-state index contributed by atoms with van der Waals surface area (Å²) in [7, 11) is 1.71. The lowest BCUT2D eigenvalue weighted by atomic mass is 9.82. The van der Waals surface area contributed by atoms with Crippen molar-refractivity contribution in [2.24, 2.45) is 5.41 Å². The topological polar surface area (TPSA) is 55.8 Å². The van der Waals surface area contributed by atoms with Crippen molar-refractivity contribution in [2.75, 3.05) is 13.6 Å². The summed E-state index contributed by atoms with van der Waals surface area (Å²) in [6.45, 7) is 6.00. The fraction of sp³-hybridized carbons (Fsp3) is 0.600. The van der Waals surface area contributed by atoms with Crippen molar-refractivity contribution in [1.29, 1.82) is 0 Å². The number of para-hydroxylation sites is 1. The van der Waals surface area contributed by atoms with Crippen LogP contribution in [0.4, 0.5) is 4.79 Å². The predicted molar refractivity (Wildman–Crippen MR) is 96.5 cm³/mol. The van der Waals surface area contributed by atoms with Crippen molar-refractivity contribution < 1.29 is 19.1 Å². The zero-order valence-electron chi connectivity index (χ0n) is 15.7. The number of benzene rings is 1. The van der Waals surface area contributed by atoms with Crippen LogP contribution in [0.2, 0.25) is 0 Å². The Kier molecular flexibility index (Phi) is 6.09. The van der Waals surface area contributed by atoms with Gasteiger partial charge in [0.05, 0.1) is 5.41 Å². The molecule has 5 nitrogen and oxygen atoms in total. The number of hydrogen-bond acceptors (Lipinski definition) is 4. The van der Waals surface area contributed by atoms with Crippen LogP contribution in [-0.2, 0) is 9.53 Å². The quantitative estimate of drug-likeness (QED) is 0.585. The largest absolute Gasteiger partial charge is 0.444 e. The van der Waals surface area contributed by atoms with Crippen LogP contribution in [-0.4, -0.2) is 36.2 Å². The average molecular weight is 347 g/mol. The Morgan fingerprint density at radius 1 is 1.12 bits per heavy atom. The van der Waals surface area contributed by atoms with Crippen molar-refractivity contribution in [3.05, 3.63) is 30.3 Å². The molecule has 138 valence electrons. The molecule has 1 amide bonds. The van der Waals surface area contributed by atoms with Gasteiger partial charge in [0.2, 0.25) is 0 Å². The van der Waals surface area contributed by atoms with E-state index in [1.807, 2.05) is 39.0 Å². The van der Waals surface area contributed by atoms with E-state index in [1.54, 1.807) is 24.1 Å². The van der Waals surface area contributed by atoms with Crippen LogP contribution < -0.4 is 4.74 Å². The highest BCUT2D eigenvalue weighted by atomic mass is 16.6. The molecule has 0 aliphatic heterocycles. The van der Waals surface area contributed by atoms with Crippen molar-refractivity contribution in [1.82, 2.24) is 4.90 Å². The molecule has 1 aromatic carbocycles. The summed E-state index contributed by atoms with van der Waals surface area (Å²) in [5.74, 6) is 0.382. The van der Waals surface area contributed by atoms with Gasteiger partial charge in [-0.2, -0.15) is 0 Å². The number of carbonyl (C=O) groups is 2. The van der Waals surface area contributed by atoms with Crippen LogP contribution in [0.3, 0.4) is 0 Å². The van der Waals surface area contributed by atoms with Gasteiger partial charge in [0.15, 0.2) is 0 Å². The first-order valence-corrected chi connectivity index (χ1v) is 8.93. The van der Waals surface area contributed by atoms with E-state index < -0.39 is 11.0 Å². The highest BCUT2D eigenvalue weighted by Gasteiger charge is 2.43. The first-order chi connectivity index (χ1) is 11.7. The number of carbonyl (C=O) groups excluding carboxylic acids is 2. The van der Waals surface area contributed by atoms with Gasteiger partial charge in [-0.25, -0.2) is 4.79 Å². The molecule has 5 heteroatoms. The molecule has 0 saturated heterocycles. The lowest BCUT2D eigenvalue weighted by Gasteiger charge is -2.30. The number of hydrogen-bond donors (Lipinski definition) is 0. The van der Waals surface area contributed by atoms with E-state index in [-0.39, 0.29) is 12.1 Å². The molecule has 1 aliphatic rings. The Morgan fingerprint density at radius 2 is 1.72 bits per heavy atom. The van der Waals surface area contributed by atoms with E-state index in [4.69, 9.17) is 9.47 Å². The first kappa shape index (κ1) is 19.3. The van der Waals surface area contributed by atoms with Crippen molar-refractivity contribution >= 4 is 12.1 Å². The predicted octanol–water partition coefficient (Wildman–Crippen LogP) is 4.41. The number of rotatable bonds is 5. The molecule has 0 bridgehead atoms. The maximum Gasteiger partial charge on any atom is 0.410 e. The lowest BCUT2D eigenvalue weighted by molar-refractivity contribution is -0.146. The van der Waals surface area contributed by atoms with Gasteiger partial charge in [0.1, 0.15) is 11.4 Å². The highest BCUT2D eigenvalue weighted by Crippen LogP contribution is 2.42. The van der Waals surface area contributed by atoms with Crippen LogP contribution in [0.1, 0.15) is 52.9 Å². The van der Waals surface area contributed by atoms with Gasteiger partial charge >= 0.3 is 12.1 Å². The molecule has 0 aromatic heterocycles. The molecule has 25 heavy (non-hydrogen) atoms. The highest BCUT2D eigenvalue weighted by molar-refractivity contribution is 5.79. The van der Waals surface area contributed by atoms with Crippen molar-refractivity contribution in [3.63, 3.8) is 0 Å². The second-order valence-electron chi connectivity index (χ2n) is 7.84. The molecule has 1 aromatic rings. The fourth-order valence-corrected chi connectivity index (χ4v) is 3.12. The SMILES string of the molecule is CN(CCC1(C(=O)Oc2ccccc2)CCCC1)C(=O)OC(C)(C)C. The molecule has 1 saturated carbocycles. The van der Waals surface area contributed by atoms with Crippen LogP contribution >= 0.6 is 0 Å². The fourth-order valence-electron chi connectivity index (χ4n) is 3.12. The van der Waals surface area contributed by atoms with E-state index in [2.05, 4.69) is 0 Å². The third-order valence-electron chi connectivity index (χ3n) is 4.58. The Morgan fingerprint density at radius 3 is 2.28 bits per heavy atom. The minimum absolute atomic E-state index is 0.186.